The molecule has 0 unspecified atom stereocenters. The highest BCUT2D eigenvalue weighted by Crippen LogP contribution is 2.37. The number of carbonyl (C=O) groups excluding carboxylic acids is 1. The molecule has 0 fully saturated rings. The van der Waals surface area contributed by atoms with E-state index in [9.17, 15) is 4.79 Å². The Balaban J connectivity index is 2.68. The van der Waals surface area contributed by atoms with Crippen LogP contribution in [0.5, 0.6) is 0 Å². The second-order valence-electron chi connectivity index (χ2n) is 8.49. The lowest BCUT2D eigenvalue weighted by atomic mass is 10.0. The van der Waals surface area contributed by atoms with Crippen molar-refractivity contribution >= 4 is 30.0 Å². The van der Waals surface area contributed by atoms with E-state index in [2.05, 4.69) is 49.4 Å². The minimum Gasteiger partial charge on any atom is -0.464 e. The summed E-state index contributed by atoms with van der Waals surface area (Å²) in [5.41, 5.74) is 0. The highest BCUT2D eigenvalue weighted by molar-refractivity contribution is 9.11. The molecule has 1 heterocycles. The van der Waals surface area contributed by atoms with E-state index in [0.717, 1.165) is 25.7 Å². The molecular weight excluding hydrogens is 408 g/mol. The van der Waals surface area contributed by atoms with Crippen LogP contribution in [-0.4, -0.2) is 32.9 Å². The number of hydrogen-bond donors (Lipinski definition) is 0. The van der Waals surface area contributed by atoms with Crippen molar-refractivity contribution in [3.63, 3.8) is 0 Å². The average molecular weight is 448 g/mol. The van der Waals surface area contributed by atoms with Gasteiger partial charge in [-0.15, -0.1) is 0 Å². The van der Waals surface area contributed by atoms with E-state index in [0.29, 0.717) is 6.61 Å². The first-order valence-corrected chi connectivity index (χ1v) is 14.8. The van der Waals surface area contributed by atoms with Crippen molar-refractivity contribution in [1.29, 1.82) is 0 Å². The van der Waals surface area contributed by atoms with E-state index in [1.54, 1.807) is 0 Å². The van der Waals surface area contributed by atoms with Gasteiger partial charge in [0.05, 0.1) is 20.8 Å². The fraction of sp³-hybridized carbons (Fsp3) is 0.857. The summed E-state index contributed by atoms with van der Waals surface area (Å²) in [4.78, 5) is 12.7. The maximum atomic E-state index is 12.7. The molecule has 0 aromatic carbocycles. The van der Waals surface area contributed by atoms with Crippen LogP contribution in [0.4, 0.5) is 0 Å². The third-order valence-electron chi connectivity index (χ3n) is 4.93. The molecule has 1 aliphatic rings. The van der Waals surface area contributed by atoms with Gasteiger partial charge in [0.25, 0.3) is 0 Å². The molecule has 5 heteroatoms. The zero-order chi connectivity index (χ0) is 19.6. The van der Waals surface area contributed by atoms with Crippen molar-refractivity contribution in [3.05, 3.63) is 9.68 Å². The Morgan fingerprint density at radius 3 is 2.31 bits per heavy atom. The maximum absolute atomic E-state index is 12.7. The summed E-state index contributed by atoms with van der Waals surface area (Å²) in [5.74, 6) is -0.194. The second-order valence-corrected chi connectivity index (χ2v) is 14.5. The number of unbranched alkanes of at least 4 members (excludes halogenated alkanes) is 6. The van der Waals surface area contributed by atoms with Crippen molar-refractivity contribution in [2.24, 2.45) is 0 Å². The average Bonchev–Trinajstić information content (AvgIpc) is 2.56. The first-order chi connectivity index (χ1) is 12.3. The molecular formula is C21H39BrO3Si. The quantitative estimate of drug-likeness (QED) is 0.188. The molecule has 0 saturated heterocycles. The van der Waals surface area contributed by atoms with E-state index in [1.807, 2.05) is 0 Å². The third kappa shape index (κ3) is 8.26. The summed E-state index contributed by atoms with van der Waals surface area (Å²) >= 11 is 3.79. The minimum absolute atomic E-state index is 0.124. The van der Waals surface area contributed by atoms with Crippen LogP contribution in [0.15, 0.2) is 9.68 Å². The van der Waals surface area contributed by atoms with E-state index in [1.165, 1.54) is 48.2 Å². The lowest BCUT2D eigenvalue weighted by molar-refractivity contribution is -0.158. The van der Waals surface area contributed by atoms with Crippen LogP contribution >= 0.6 is 15.9 Å². The monoisotopic (exact) mass is 446 g/mol. The van der Waals surface area contributed by atoms with Crippen LogP contribution in [-0.2, 0) is 14.3 Å². The van der Waals surface area contributed by atoms with Gasteiger partial charge in [0, 0.05) is 6.42 Å². The van der Waals surface area contributed by atoms with Crippen LogP contribution in [0.3, 0.4) is 0 Å². The Morgan fingerprint density at radius 1 is 1.08 bits per heavy atom. The van der Waals surface area contributed by atoms with Crippen LogP contribution in [0.2, 0.25) is 19.6 Å². The molecule has 1 rings (SSSR count). The molecule has 152 valence electrons. The lowest BCUT2D eigenvalue weighted by Crippen LogP contribution is -2.45. The summed E-state index contributed by atoms with van der Waals surface area (Å²) in [6.45, 7) is 11.7. The minimum atomic E-state index is -1.67. The normalized spacial score (nSPS) is 21.2. The first-order valence-electron chi connectivity index (χ1n) is 10.5. The van der Waals surface area contributed by atoms with Gasteiger partial charge in [-0.05, 0) is 22.5 Å². The molecule has 0 amide bonds. The summed E-state index contributed by atoms with van der Waals surface area (Å²) < 4.78 is 13.0. The highest BCUT2D eigenvalue weighted by atomic mass is 79.9. The van der Waals surface area contributed by atoms with Gasteiger partial charge in [-0.2, -0.15) is 0 Å². The van der Waals surface area contributed by atoms with Gasteiger partial charge in [-0.3, -0.25) is 0 Å². The van der Waals surface area contributed by atoms with Gasteiger partial charge in [0.1, 0.15) is 0 Å². The first kappa shape index (κ1) is 23.9. The van der Waals surface area contributed by atoms with Gasteiger partial charge in [-0.1, -0.05) is 94.4 Å². The molecule has 0 N–H and O–H groups in total. The molecule has 0 bridgehead atoms. The molecule has 0 saturated carbocycles. The van der Waals surface area contributed by atoms with Crippen LogP contribution in [0.1, 0.15) is 78.1 Å². The number of halogens is 1. The SMILES string of the molecule is CCCCCCCC[C@H]1CC(Br)=C([Si](C)(C)C)[C@H](C(=O)OCCCC)O1. The Hall–Kier alpha value is -0.133. The Labute approximate surface area is 170 Å². The van der Waals surface area contributed by atoms with Crippen molar-refractivity contribution in [2.75, 3.05) is 6.61 Å². The number of esters is 1. The molecule has 0 aromatic rings. The molecule has 0 aliphatic carbocycles. The summed E-state index contributed by atoms with van der Waals surface area (Å²) in [7, 11) is -1.67. The van der Waals surface area contributed by atoms with Crippen LogP contribution in [0, 0.1) is 0 Å². The topological polar surface area (TPSA) is 35.5 Å². The molecule has 2 atom stereocenters. The van der Waals surface area contributed by atoms with E-state index in [-0.39, 0.29) is 12.1 Å². The standard InChI is InChI=1S/C21H39BrO3Si/c1-6-8-10-11-12-13-14-17-16-18(22)20(26(3,4)5)19(25-17)21(23)24-15-9-7-2/h17,19H,6-16H2,1-5H3/t17-,19+/m0/s1. The number of carbonyl (C=O) groups is 1. The van der Waals surface area contributed by atoms with Gasteiger partial charge in [-0.25, -0.2) is 4.79 Å². The Morgan fingerprint density at radius 2 is 1.69 bits per heavy atom. The molecule has 0 aromatic heterocycles. The molecule has 0 spiro atoms. The summed E-state index contributed by atoms with van der Waals surface area (Å²) in [5, 5.41) is 1.18. The van der Waals surface area contributed by atoms with E-state index >= 15 is 0 Å². The number of rotatable bonds is 12. The second kappa shape index (κ2) is 12.3. The maximum Gasteiger partial charge on any atom is 0.339 e. The zero-order valence-electron chi connectivity index (χ0n) is 17.5. The van der Waals surface area contributed by atoms with Crippen molar-refractivity contribution in [2.45, 2.75) is 110 Å². The zero-order valence-corrected chi connectivity index (χ0v) is 20.1. The van der Waals surface area contributed by atoms with Crippen molar-refractivity contribution in [1.82, 2.24) is 0 Å². The van der Waals surface area contributed by atoms with Crippen LogP contribution < -0.4 is 0 Å². The predicted octanol–water partition coefficient (Wildman–Crippen LogP) is 6.76. The fourth-order valence-corrected chi connectivity index (χ4v) is 7.69. The third-order valence-corrected chi connectivity index (χ3v) is 8.23. The van der Waals surface area contributed by atoms with Crippen molar-refractivity contribution < 1.29 is 14.3 Å². The van der Waals surface area contributed by atoms with Gasteiger partial charge in [0.2, 0.25) is 0 Å². The van der Waals surface area contributed by atoms with Gasteiger partial charge >= 0.3 is 5.97 Å². The Kier molecular flexibility index (Phi) is 11.4. The number of hydrogen-bond acceptors (Lipinski definition) is 3. The van der Waals surface area contributed by atoms with Crippen molar-refractivity contribution in [3.8, 4) is 0 Å². The highest BCUT2D eigenvalue weighted by Gasteiger charge is 2.40. The smallest absolute Gasteiger partial charge is 0.339 e. The fourth-order valence-electron chi connectivity index (χ4n) is 3.45. The number of ether oxygens (including phenoxy) is 2. The molecule has 3 nitrogen and oxygen atoms in total. The molecule has 0 radical (unpaired) electrons. The molecule has 26 heavy (non-hydrogen) atoms. The van der Waals surface area contributed by atoms with E-state index in [4.69, 9.17) is 9.47 Å². The summed E-state index contributed by atoms with van der Waals surface area (Å²) in [6.07, 6.45) is 11.2. The Bertz CT molecular complexity index is 457. The van der Waals surface area contributed by atoms with Gasteiger partial charge in [0.15, 0.2) is 6.10 Å². The largest absolute Gasteiger partial charge is 0.464 e. The van der Waals surface area contributed by atoms with Gasteiger partial charge < -0.3 is 9.47 Å². The molecule has 1 aliphatic heterocycles. The van der Waals surface area contributed by atoms with Crippen LogP contribution in [0.25, 0.3) is 0 Å². The summed E-state index contributed by atoms with van der Waals surface area (Å²) in [6, 6.07) is 0. The van der Waals surface area contributed by atoms with E-state index < -0.39 is 14.2 Å². The predicted molar refractivity (Wildman–Crippen MR) is 116 cm³/mol. The lowest BCUT2D eigenvalue weighted by Gasteiger charge is -2.36.